The van der Waals surface area contributed by atoms with Crippen LogP contribution in [-0.2, 0) is 11.3 Å². The van der Waals surface area contributed by atoms with Crippen molar-refractivity contribution in [3.05, 3.63) is 11.6 Å². The van der Waals surface area contributed by atoms with Crippen LogP contribution in [0.1, 0.15) is 64.5 Å². The molecule has 0 spiro atoms. The van der Waals surface area contributed by atoms with Crippen LogP contribution in [0.3, 0.4) is 0 Å². The third-order valence-electron chi connectivity index (χ3n) is 3.33. The smallest absolute Gasteiger partial charge is 0.226 e. The van der Waals surface area contributed by atoms with Gasteiger partial charge in [0, 0.05) is 5.41 Å². The number of unbranched alkanes of at least 4 members (excludes halogenated alkanes) is 3. The number of hydrogen-bond donors (Lipinski definition) is 2. The summed E-state index contributed by atoms with van der Waals surface area (Å²) < 4.78 is 0. The fraction of sp³-hybridized carbons (Fsp3) is 0.786. The van der Waals surface area contributed by atoms with Gasteiger partial charge in [-0.05, 0) is 13.3 Å². The van der Waals surface area contributed by atoms with Crippen LogP contribution >= 0.6 is 0 Å². The zero-order valence-corrected chi connectivity index (χ0v) is 12.5. The number of carbonyl (C=O) groups is 1. The Morgan fingerprint density at radius 1 is 1.26 bits per heavy atom. The Labute approximate surface area is 115 Å². The first kappa shape index (κ1) is 15.7. The Hall–Kier alpha value is -1.39. The van der Waals surface area contributed by atoms with Gasteiger partial charge in [0.2, 0.25) is 5.91 Å². The van der Waals surface area contributed by atoms with Crippen LogP contribution in [0.25, 0.3) is 0 Å². The maximum Gasteiger partial charge on any atom is 0.226 e. The predicted molar refractivity (Wildman–Crippen MR) is 75.5 cm³/mol. The lowest BCUT2D eigenvalue weighted by molar-refractivity contribution is -0.130. The molecular formula is C14H26N4O. The van der Waals surface area contributed by atoms with Crippen molar-refractivity contribution in [2.24, 2.45) is 5.41 Å². The Morgan fingerprint density at radius 3 is 2.58 bits per heavy atom. The summed E-state index contributed by atoms with van der Waals surface area (Å²) in [4.78, 5) is 15.1. The number of nitrogens with one attached hydrogen (secondary N) is 2. The number of aromatic amines is 1. The molecule has 1 rings (SSSR count). The fourth-order valence-corrected chi connectivity index (χ4v) is 1.98. The summed E-state index contributed by atoms with van der Waals surface area (Å²) in [5.74, 6) is 1.55. The Kier molecular flexibility index (Phi) is 5.99. The molecule has 0 bridgehead atoms. The van der Waals surface area contributed by atoms with E-state index in [0.717, 1.165) is 18.7 Å². The Morgan fingerprint density at radius 2 is 2.00 bits per heavy atom. The maximum atomic E-state index is 12.1. The van der Waals surface area contributed by atoms with Crippen molar-refractivity contribution in [2.45, 2.75) is 66.3 Å². The summed E-state index contributed by atoms with van der Waals surface area (Å²) in [5, 5.41) is 10.7. The van der Waals surface area contributed by atoms with Gasteiger partial charge in [-0.3, -0.25) is 4.79 Å². The van der Waals surface area contributed by atoms with Gasteiger partial charge in [0.05, 0.1) is 6.54 Å². The number of rotatable bonds is 8. The average Bonchev–Trinajstić information content (AvgIpc) is 2.77. The van der Waals surface area contributed by atoms with E-state index in [2.05, 4.69) is 27.4 Å². The summed E-state index contributed by atoms with van der Waals surface area (Å²) in [6, 6.07) is 0. The van der Waals surface area contributed by atoms with Crippen LogP contribution in [0.2, 0.25) is 0 Å². The second-order valence-corrected chi connectivity index (χ2v) is 5.73. The largest absolute Gasteiger partial charge is 0.348 e. The number of amides is 1. The number of nitrogens with zero attached hydrogens (tertiary/aromatic N) is 2. The molecule has 0 atom stereocenters. The Balaban J connectivity index is 2.34. The van der Waals surface area contributed by atoms with Gasteiger partial charge in [-0.15, -0.1) is 10.2 Å². The number of carbonyl (C=O) groups excluding carboxylic acids is 1. The average molecular weight is 266 g/mol. The highest BCUT2D eigenvalue weighted by molar-refractivity contribution is 5.81. The Bertz CT molecular complexity index is 398. The molecule has 0 aromatic carbocycles. The lowest BCUT2D eigenvalue weighted by Crippen LogP contribution is -2.36. The number of aryl methyl sites for hydroxylation is 1. The topological polar surface area (TPSA) is 70.7 Å². The maximum absolute atomic E-state index is 12.1. The molecule has 1 amide bonds. The lowest BCUT2D eigenvalue weighted by atomic mass is 9.86. The van der Waals surface area contributed by atoms with Gasteiger partial charge >= 0.3 is 0 Å². The molecule has 0 aliphatic rings. The second kappa shape index (κ2) is 7.26. The first-order chi connectivity index (χ1) is 8.95. The van der Waals surface area contributed by atoms with E-state index in [-0.39, 0.29) is 11.3 Å². The lowest BCUT2D eigenvalue weighted by Gasteiger charge is -2.23. The molecule has 5 nitrogen and oxygen atoms in total. The minimum absolute atomic E-state index is 0.0815. The van der Waals surface area contributed by atoms with Crippen LogP contribution < -0.4 is 5.32 Å². The van der Waals surface area contributed by atoms with Gasteiger partial charge in [-0.25, -0.2) is 0 Å². The van der Waals surface area contributed by atoms with Crippen molar-refractivity contribution >= 4 is 5.91 Å². The molecule has 19 heavy (non-hydrogen) atoms. The van der Waals surface area contributed by atoms with Crippen LogP contribution in [0, 0.1) is 12.3 Å². The first-order valence-corrected chi connectivity index (χ1v) is 7.12. The molecule has 0 saturated carbocycles. The SMILES string of the molecule is CCCCCCC(C)(C)C(=O)NCc1nnc(C)[nH]1. The van der Waals surface area contributed by atoms with Crippen molar-refractivity contribution in [3.63, 3.8) is 0 Å². The van der Waals surface area contributed by atoms with E-state index in [9.17, 15) is 4.79 Å². The minimum atomic E-state index is -0.317. The molecule has 0 aliphatic heterocycles. The van der Waals surface area contributed by atoms with E-state index in [0.29, 0.717) is 12.4 Å². The zero-order valence-electron chi connectivity index (χ0n) is 12.5. The summed E-state index contributed by atoms with van der Waals surface area (Å²) in [5.41, 5.74) is -0.317. The van der Waals surface area contributed by atoms with Gasteiger partial charge in [0.15, 0.2) is 0 Å². The van der Waals surface area contributed by atoms with Crippen molar-refractivity contribution in [2.75, 3.05) is 0 Å². The van der Waals surface area contributed by atoms with E-state index < -0.39 is 0 Å². The summed E-state index contributed by atoms with van der Waals surface area (Å²) in [6.07, 6.45) is 5.70. The number of hydrogen-bond acceptors (Lipinski definition) is 3. The van der Waals surface area contributed by atoms with Crippen LogP contribution in [0.4, 0.5) is 0 Å². The van der Waals surface area contributed by atoms with E-state index in [1.165, 1.54) is 19.3 Å². The predicted octanol–water partition coefficient (Wildman–Crippen LogP) is 2.73. The van der Waals surface area contributed by atoms with Gasteiger partial charge in [0.25, 0.3) is 0 Å². The molecule has 0 radical (unpaired) electrons. The minimum Gasteiger partial charge on any atom is -0.348 e. The zero-order chi connectivity index (χ0) is 14.3. The van der Waals surface area contributed by atoms with Crippen molar-refractivity contribution in [1.29, 1.82) is 0 Å². The van der Waals surface area contributed by atoms with Crippen molar-refractivity contribution < 1.29 is 4.79 Å². The van der Waals surface area contributed by atoms with Gasteiger partial charge in [0.1, 0.15) is 11.6 Å². The fourth-order valence-electron chi connectivity index (χ4n) is 1.98. The highest BCUT2D eigenvalue weighted by atomic mass is 16.2. The highest BCUT2D eigenvalue weighted by Gasteiger charge is 2.26. The molecule has 5 heteroatoms. The molecule has 0 saturated heterocycles. The molecule has 108 valence electrons. The molecule has 0 aliphatic carbocycles. The van der Waals surface area contributed by atoms with Crippen molar-refractivity contribution in [1.82, 2.24) is 20.5 Å². The molecule has 0 unspecified atom stereocenters. The summed E-state index contributed by atoms with van der Waals surface area (Å²) in [7, 11) is 0. The monoisotopic (exact) mass is 266 g/mol. The van der Waals surface area contributed by atoms with Gasteiger partial charge < -0.3 is 10.3 Å². The number of aromatic nitrogens is 3. The summed E-state index contributed by atoms with van der Waals surface area (Å²) >= 11 is 0. The van der Waals surface area contributed by atoms with Crippen molar-refractivity contribution in [3.8, 4) is 0 Å². The standard InChI is InChI=1S/C14H26N4O/c1-5-6-7-8-9-14(3,4)13(19)15-10-12-16-11(2)17-18-12/h5-10H2,1-4H3,(H,15,19)(H,16,17,18). The summed E-state index contributed by atoms with van der Waals surface area (Å²) in [6.45, 7) is 8.45. The molecule has 0 fully saturated rings. The van der Waals surface area contributed by atoms with E-state index in [1.54, 1.807) is 0 Å². The van der Waals surface area contributed by atoms with E-state index in [1.807, 2.05) is 20.8 Å². The molecule has 1 aromatic heterocycles. The van der Waals surface area contributed by atoms with E-state index in [4.69, 9.17) is 0 Å². The molecular weight excluding hydrogens is 240 g/mol. The third-order valence-corrected chi connectivity index (χ3v) is 3.33. The quantitative estimate of drug-likeness (QED) is 0.711. The van der Waals surface area contributed by atoms with Gasteiger partial charge in [-0.1, -0.05) is 46.5 Å². The molecule has 1 heterocycles. The van der Waals surface area contributed by atoms with Gasteiger partial charge in [-0.2, -0.15) is 0 Å². The van der Waals surface area contributed by atoms with Crippen LogP contribution in [0.15, 0.2) is 0 Å². The second-order valence-electron chi connectivity index (χ2n) is 5.73. The molecule has 1 aromatic rings. The number of H-pyrrole nitrogens is 1. The van der Waals surface area contributed by atoms with E-state index >= 15 is 0 Å². The highest BCUT2D eigenvalue weighted by Crippen LogP contribution is 2.24. The van der Waals surface area contributed by atoms with Crippen LogP contribution in [-0.4, -0.2) is 21.1 Å². The first-order valence-electron chi connectivity index (χ1n) is 7.12. The third kappa shape index (κ3) is 5.41. The normalized spacial score (nSPS) is 11.6. The molecule has 2 N–H and O–H groups in total. The van der Waals surface area contributed by atoms with Crippen LogP contribution in [0.5, 0.6) is 0 Å².